The molecular weight excluding hydrogens is 435 g/mol. The number of benzene rings is 2. The molecule has 0 fully saturated rings. The molecule has 0 saturated carbocycles. The van der Waals surface area contributed by atoms with Crippen molar-refractivity contribution in [1.29, 1.82) is 0 Å². The van der Waals surface area contributed by atoms with Crippen LogP contribution in [0.25, 0.3) is 10.8 Å². The van der Waals surface area contributed by atoms with Crippen LogP contribution in [0.4, 0.5) is 0 Å². The van der Waals surface area contributed by atoms with Gasteiger partial charge in [-0.2, -0.15) is 6.07 Å². The molecule has 0 bridgehead atoms. The van der Waals surface area contributed by atoms with Crippen molar-refractivity contribution < 1.29 is 58.9 Å². The molecular formula is C21H23Cl3SiTi. The molecule has 0 aliphatic heterocycles. The zero-order valence-corrected chi connectivity index (χ0v) is 20.0. The van der Waals surface area contributed by atoms with Crippen molar-refractivity contribution in [2.75, 3.05) is 0 Å². The summed E-state index contributed by atoms with van der Waals surface area (Å²) in [5, 5.41) is 5.87. The SMILES string of the molecule is CCCCCc1ccccc1[Si][c-]1c(C)cc2ccccc21.[Cl-].[Cl-].[Cl-].[Ti+4]. The van der Waals surface area contributed by atoms with Crippen molar-refractivity contribution in [3.63, 3.8) is 0 Å². The first-order valence-corrected chi connectivity index (χ1v) is 9.29. The molecule has 0 atom stereocenters. The van der Waals surface area contributed by atoms with Gasteiger partial charge in [0.1, 0.15) is 0 Å². The molecule has 0 aliphatic carbocycles. The Bertz CT molecular complexity index is 771. The average molecular weight is 458 g/mol. The molecule has 0 spiro atoms. The zero-order chi connectivity index (χ0) is 15.4. The maximum absolute atomic E-state index is 2.33. The number of hydrogen-bond acceptors (Lipinski definition) is 0. The van der Waals surface area contributed by atoms with E-state index in [2.05, 4.69) is 68.4 Å². The van der Waals surface area contributed by atoms with Crippen LogP contribution in [0, 0.1) is 6.92 Å². The molecule has 136 valence electrons. The van der Waals surface area contributed by atoms with Gasteiger partial charge in [0.15, 0.2) is 0 Å². The van der Waals surface area contributed by atoms with Crippen LogP contribution in [0.5, 0.6) is 0 Å². The summed E-state index contributed by atoms with van der Waals surface area (Å²) in [5.74, 6) is 0. The fourth-order valence-electron chi connectivity index (χ4n) is 3.09. The largest absolute Gasteiger partial charge is 4.00 e. The number of halogens is 3. The Hall–Kier alpha value is -0.149. The first-order chi connectivity index (χ1) is 10.8. The first kappa shape index (κ1) is 28.1. The molecule has 3 aromatic carbocycles. The maximum atomic E-state index is 2.33. The topological polar surface area (TPSA) is 0 Å². The van der Waals surface area contributed by atoms with Gasteiger partial charge in [0.2, 0.25) is 0 Å². The Kier molecular flexibility index (Phi) is 15.0. The summed E-state index contributed by atoms with van der Waals surface area (Å²) >= 11 is 0. The van der Waals surface area contributed by atoms with E-state index in [1.807, 2.05) is 0 Å². The summed E-state index contributed by atoms with van der Waals surface area (Å²) in [6.07, 6.45) is 5.14. The van der Waals surface area contributed by atoms with Crippen molar-refractivity contribution in [2.24, 2.45) is 0 Å². The van der Waals surface area contributed by atoms with Crippen LogP contribution in [-0.4, -0.2) is 9.52 Å². The molecule has 0 N–H and O–H groups in total. The summed E-state index contributed by atoms with van der Waals surface area (Å²) in [6.45, 7) is 4.52. The second kappa shape index (κ2) is 13.9. The third-order valence-electron chi connectivity index (χ3n) is 4.32. The maximum Gasteiger partial charge on any atom is 4.00 e. The minimum Gasteiger partial charge on any atom is -1.00 e. The molecule has 0 heterocycles. The van der Waals surface area contributed by atoms with Crippen LogP contribution in [0.3, 0.4) is 0 Å². The summed E-state index contributed by atoms with van der Waals surface area (Å²) < 4.78 is 0. The van der Waals surface area contributed by atoms with Gasteiger partial charge in [0.25, 0.3) is 0 Å². The van der Waals surface area contributed by atoms with Gasteiger partial charge in [0, 0.05) is 0 Å². The molecule has 0 amide bonds. The van der Waals surface area contributed by atoms with E-state index in [4.69, 9.17) is 0 Å². The Labute approximate surface area is 193 Å². The number of hydrogen-bond donors (Lipinski definition) is 0. The van der Waals surface area contributed by atoms with Gasteiger partial charge in [0.05, 0.1) is 9.52 Å². The summed E-state index contributed by atoms with van der Waals surface area (Å²) in [7, 11) is 0.765. The van der Waals surface area contributed by atoms with E-state index < -0.39 is 0 Å². The minimum absolute atomic E-state index is 0. The average Bonchev–Trinajstić information content (AvgIpc) is 2.85. The van der Waals surface area contributed by atoms with Crippen molar-refractivity contribution in [1.82, 2.24) is 0 Å². The zero-order valence-electron chi connectivity index (χ0n) is 15.2. The Morgan fingerprint density at radius 1 is 0.885 bits per heavy atom. The van der Waals surface area contributed by atoms with Crippen LogP contribution in [0.1, 0.15) is 37.3 Å². The Balaban J connectivity index is 0. The fourth-order valence-corrected chi connectivity index (χ4v) is 4.54. The van der Waals surface area contributed by atoms with E-state index >= 15 is 0 Å². The third-order valence-corrected chi connectivity index (χ3v) is 5.99. The van der Waals surface area contributed by atoms with Crippen LogP contribution in [0.2, 0.25) is 0 Å². The molecule has 3 aromatic rings. The van der Waals surface area contributed by atoms with Crippen LogP contribution in [0.15, 0.2) is 54.6 Å². The predicted octanol–water partition coefficient (Wildman–Crippen LogP) is -4.74. The molecule has 0 aliphatic rings. The Morgan fingerprint density at radius 3 is 2.27 bits per heavy atom. The van der Waals surface area contributed by atoms with Crippen molar-refractivity contribution in [3.8, 4) is 0 Å². The van der Waals surface area contributed by atoms with Gasteiger partial charge in [-0.3, -0.25) is 0 Å². The monoisotopic (exact) mass is 456 g/mol. The van der Waals surface area contributed by atoms with Gasteiger partial charge < -0.3 is 37.2 Å². The second-order valence-electron chi connectivity index (χ2n) is 6.03. The van der Waals surface area contributed by atoms with Gasteiger partial charge in [-0.15, -0.1) is 39.7 Å². The smallest absolute Gasteiger partial charge is 1.00 e. The first-order valence-electron chi connectivity index (χ1n) is 8.29. The van der Waals surface area contributed by atoms with Crippen LogP contribution in [-0.2, 0) is 28.1 Å². The van der Waals surface area contributed by atoms with Crippen molar-refractivity contribution >= 4 is 30.7 Å². The summed E-state index contributed by atoms with van der Waals surface area (Å²) in [5.41, 5.74) is 2.97. The molecule has 0 saturated heterocycles. The Morgan fingerprint density at radius 2 is 1.54 bits per heavy atom. The van der Waals surface area contributed by atoms with Crippen LogP contribution < -0.4 is 47.6 Å². The van der Waals surface area contributed by atoms with Crippen LogP contribution >= 0.6 is 0 Å². The third kappa shape index (κ3) is 6.78. The van der Waals surface area contributed by atoms with Crippen molar-refractivity contribution in [2.45, 2.75) is 39.5 Å². The number of rotatable bonds is 6. The van der Waals surface area contributed by atoms with Gasteiger partial charge in [-0.1, -0.05) is 62.2 Å². The van der Waals surface area contributed by atoms with E-state index in [9.17, 15) is 0 Å². The molecule has 0 aromatic heterocycles. The summed E-state index contributed by atoms with van der Waals surface area (Å²) in [4.78, 5) is 0. The fraction of sp³-hybridized carbons (Fsp3) is 0.286. The van der Waals surface area contributed by atoms with Gasteiger partial charge in [-0.25, -0.2) is 0 Å². The quantitative estimate of drug-likeness (QED) is 0.198. The van der Waals surface area contributed by atoms with E-state index in [1.165, 1.54) is 52.4 Å². The number of aryl methyl sites for hydroxylation is 2. The van der Waals surface area contributed by atoms with E-state index in [0.29, 0.717) is 0 Å². The molecule has 26 heavy (non-hydrogen) atoms. The van der Waals surface area contributed by atoms with E-state index in [-0.39, 0.29) is 58.9 Å². The molecule has 0 unspecified atom stereocenters. The second-order valence-corrected chi connectivity index (χ2v) is 7.32. The normalized spacial score (nSPS) is 9.46. The number of unbranched alkanes of at least 4 members (excludes halogenated alkanes) is 2. The molecule has 3 rings (SSSR count). The minimum atomic E-state index is 0. The van der Waals surface area contributed by atoms with Gasteiger partial charge >= 0.3 is 21.7 Å². The molecule has 5 heteroatoms. The van der Waals surface area contributed by atoms with E-state index in [1.54, 1.807) is 5.56 Å². The van der Waals surface area contributed by atoms with Gasteiger partial charge in [-0.05, 0) is 18.4 Å². The summed E-state index contributed by atoms with van der Waals surface area (Å²) in [6, 6.07) is 20.1. The molecule has 2 radical (unpaired) electrons. The van der Waals surface area contributed by atoms with E-state index in [0.717, 1.165) is 9.52 Å². The standard InChI is InChI=1S/C21H23Si.3ClH.Ti/c1-3-4-5-10-17-11-7-9-14-20(17)22-21-16(2)15-18-12-6-8-13-19(18)21;;;;/h6-9,11-15H,3-5,10H2,1-2H3;3*1H;/q-1;;;;+4/p-3. The van der Waals surface area contributed by atoms with Crippen molar-refractivity contribution in [3.05, 3.63) is 65.7 Å². The predicted molar refractivity (Wildman–Crippen MR) is 99.0 cm³/mol. The molecule has 0 nitrogen and oxygen atoms in total. The number of fused-ring (bicyclic) bond motifs is 1.